The molecule has 136 valence electrons. The molecule has 0 radical (unpaired) electrons. The lowest BCUT2D eigenvalue weighted by Gasteiger charge is -2.27. The normalized spacial score (nSPS) is 23.5. The lowest BCUT2D eigenvalue weighted by atomic mass is 9.91. The van der Waals surface area contributed by atoms with Crippen molar-refractivity contribution < 1.29 is 4.79 Å². The van der Waals surface area contributed by atoms with Crippen molar-refractivity contribution in [3.63, 3.8) is 0 Å². The molecule has 0 N–H and O–H groups in total. The molecule has 0 unspecified atom stereocenters. The third-order valence-electron chi connectivity index (χ3n) is 6.43. The predicted molar refractivity (Wildman–Crippen MR) is 105 cm³/mol. The summed E-state index contributed by atoms with van der Waals surface area (Å²) in [5, 5.41) is 0.726. The molecule has 1 aliphatic carbocycles. The molecule has 2 aliphatic heterocycles. The van der Waals surface area contributed by atoms with E-state index in [-0.39, 0.29) is 18.0 Å². The molecule has 3 aromatic rings. The van der Waals surface area contributed by atoms with Gasteiger partial charge in [-0.1, -0.05) is 23.7 Å². The average molecular weight is 378 g/mol. The zero-order chi connectivity index (χ0) is 18.3. The van der Waals surface area contributed by atoms with Gasteiger partial charge in [-0.25, -0.2) is 4.98 Å². The van der Waals surface area contributed by atoms with Crippen LogP contribution < -0.4 is 0 Å². The third kappa shape index (κ3) is 2.05. The van der Waals surface area contributed by atoms with Crippen molar-refractivity contribution in [3.05, 3.63) is 63.9 Å². The number of nitrogens with zero attached hydrogens (tertiary/aromatic N) is 3. The van der Waals surface area contributed by atoms with Gasteiger partial charge in [-0.05, 0) is 61.1 Å². The van der Waals surface area contributed by atoms with Gasteiger partial charge in [0.15, 0.2) is 0 Å². The number of halogens is 1. The molecule has 5 heteroatoms. The van der Waals surface area contributed by atoms with Crippen LogP contribution in [0.2, 0.25) is 5.02 Å². The minimum atomic E-state index is 0.0260. The molecular weight excluding hydrogens is 358 g/mol. The van der Waals surface area contributed by atoms with Crippen molar-refractivity contribution in [2.45, 2.75) is 44.2 Å². The number of imidazole rings is 1. The van der Waals surface area contributed by atoms with Gasteiger partial charge in [-0.3, -0.25) is 4.79 Å². The van der Waals surface area contributed by atoms with Crippen molar-refractivity contribution in [1.82, 2.24) is 14.5 Å². The summed E-state index contributed by atoms with van der Waals surface area (Å²) in [4.78, 5) is 20.3. The van der Waals surface area contributed by atoms with Crippen LogP contribution in [0.3, 0.4) is 0 Å². The highest BCUT2D eigenvalue weighted by atomic mass is 35.5. The van der Waals surface area contributed by atoms with Crippen LogP contribution in [0.5, 0.6) is 0 Å². The van der Waals surface area contributed by atoms with Crippen LogP contribution in [0.4, 0.5) is 0 Å². The first-order valence-corrected chi connectivity index (χ1v) is 10.2. The lowest BCUT2D eigenvalue weighted by Crippen LogP contribution is -2.34. The zero-order valence-electron chi connectivity index (χ0n) is 15.2. The van der Waals surface area contributed by atoms with E-state index in [4.69, 9.17) is 16.6 Å². The fourth-order valence-corrected chi connectivity index (χ4v) is 5.30. The zero-order valence-corrected chi connectivity index (χ0v) is 15.9. The van der Waals surface area contributed by atoms with Crippen LogP contribution in [0.25, 0.3) is 11.0 Å². The van der Waals surface area contributed by atoms with Crippen LogP contribution in [0, 0.1) is 0 Å². The minimum Gasteiger partial charge on any atom is -0.329 e. The first-order chi connectivity index (χ1) is 13.2. The molecule has 1 aromatic heterocycles. The van der Waals surface area contributed by atoms with Gasteiger partial charge in [-0.2, -0.15) is 0 Å². The second-order valence-corrected chi connectivity index (χ2v) is 8.35. The molecule has 3 aliphatic rings. The molecule has 1 fully saturated rings. The summed E-state index contributed by atoms with van der Waals surface area (Å²) in [6.07, 6.45) is 3.35. The van der Waals surface area contributed by atoms with Crippen LogP contribution in [-0.4, -0.2) is 26.9 Å². The Bertz CT molecular complexity index is 1110. The number of aromatic nitrogens is 2. The van der Waals surface area contributed by atoms with Gasteiger partial charge in [0.1, 0.15) is 5.82 Å². The Labute approximate surface area is 162 Å². The number of rotatable bonds is 2. The van der Waals surface area contributed by atoms with Gasteiger partial charge in [-0.15, -0.1) is 0 Å². The highest BCUT2D eigenvalue weighted by Crippen LogP contribution is 2.52. The monoisotopic (exact) mass is 377 g/mol. The van der Waals surface area contributed by atoms with Gasteiger partial charge in [0.05, 0.1) is 23.1 Å². The molecular formula is C22H20ClN3O. The number of carbonyl (C=O) groups is 1. The Morgan fingerprint density at radius 2 is 2.04 bits per heavy atom. The van der Waals surface area contributed by atoms with E-state index in [1.54, 1.807) is 0 Å². The molecule has 0 spiro atoms. The van der Waals surface area contributed by atoms with Crippen LogP contribution in [0.1, 0.15) is 71.5 Å². The largest absolute Gasteiger partial charge is 0.329 e. The van der Waals surface area contributed by atoms with Gasteiger partial charge < -0.3 is 9.47 Å². The first-order valence-electron chi connectivity index (χ1n) is 9.78. The summed E-state index contributed by atoms with van der Waals surface area (Å²) >= 11 is 6.32. The Morgan fingerprint density at radius 1 is 1.19 bits per heavy atom. The average Bonchev–Trinajstić information content (AvgIpc) is 3.39. The van der Waals surface area contributed by atoms with Crippen molar-refractivity contribution in [3.8, 4) is 0 Å². The summed E-state index contributed by atoms with van der Waals surface area (Å²) in [5.74, 6) is 1.75. The van der Waals surface area contributed by atoms with Crippen molar-refractivity contribution in [1.29, 1.82) is 0 Å². The van der Waals surface area contributed by atoms with Gasteiger partial charge in [0.2, 0.25) is 0 Å². The van der Waals surface area contributed by atoms with E-state index in [0.29, 0.717) is 12.5 Å². The molecule has 3 heterocycles. The maximum atomic E-state index is 13.4. The number of hydrogen-bond acceptors (Lipinski definition) is 2. The topological polar surface area (TPSA) is 38.1 Å². The summed E-state index contributed by atoms with van der Waals surface area (Å²) < 4.78 is 2.35. The molecule has 2 atom stereocenters. The summed E-state index contributed by atoms with van der Waals surface area (Å²) in [6, 6.07) is 12.4. The smallest absolute Gasteiger partial charge is 0.254 e. The molecule has 4 nitrogen and oxygen atoms in total. The van der Waals surface area contributed by atoms with Gasteiger partial charge in [0.25, 0.3) is 5.91 Å². The van der Waals surface area contributed by atoms with E-state index in [2.05, 4.69) is 23.6 Å². The van der Waals surface area contributed by atoms with E-state index < -0.39 is 0 Å². The molecule has 1 amide bonds. The summed E-state index contributed by atoms with van der Waals surface area (Å²) in [6.45, 7) is 2.75. The van der Waals surface area contributed by atoms with E-state index in [1.807, 2.05) is 29.2 Å². The SMILES string of the molecule is CCN1C(=O)c2cccc(C3CC3)c2[C@H]2C[C@H]1c1nc3ccc(Cl)cc3n12. The fourth-order valence-electron chi connectivity index (χ4n) is 5.14. The predicted octanol–water partition coefficient (Wildman–Crippen LogP) is 5.08. The van der Waals surface area contributed by atoms with E-state index in [1.165, 1.54) is 24.0 Å². The number of amides is 1. The maximum absolute atomic E-state index is 13.4. The van der Waals surface area contributed by atoms with Crippen LogP contribution in [-0.2, 0) is 0 Å². The summed E-state index contributed by atoms with van der Waals surface area (Å²) in [5.41, 5.74) is 5.50. The van der Waals surface area contributed by atoms with Crippen LogP contribution in [0.15, 0.2) is 36.4 Å². The van der Waals surface area contributed by atoms with E-state index in [0.717, 1.165) is 33.9 Å². The Kier molecular flexibility index (Phi) is 3.11. The Balaban J connectivity index is 1.69. The number of fused-ring (bicyclic) bond motifs is 9. The maximum Gasteiger partial charge on any atom is 0.254 e. The molecule has 0 saturated heterocycles. The van der Waals surface area contributed by atoms with Crippen molar-refractivity contribution >= 4 is 28.5 Å². The molecule has 6 rings (SSSR count). The second kappa shape index (κ2) is 5.35. The highest BCUT2D eigenvalue weighted by Gasteiger charge is 2.46. The minimum absolute atomic E-state index is 0.0260. The fraction of sp³-hybridized carbons (Fsp3) is 0.364. The summed E-state index contributed by atoms with van der Waals surface area (Å²) in [7, 11) is 0. The number of hydrogen-bond donors (Lipinski definition) is 0. The number of carbonyl (C=O) groups excluding carboxylic acids is 1. The third-order valence-corrected chi connectivity index (χ3v) is 6.67. The Hall–Kier alpha value is -2.33. The van der Waals surface area contributed by atoms with Gasteiger partial charge in [0, 0.05) is 23.6 Å². The molecule has 27 heavy (non-hydrogen) atoms. The number of benzene rings is 2. The van der Waals surface area contributed by atoms with Crippen molar-refractivity contribution in [2.75, 3.05) is 6.54 Å². The van der Waals surface area contributed by atoms with E-state index >= 15 is 0 Å². The molecule has 2 bridgehead atoms. The van der Waals surface area contributed by atoms with Crippen LogP contribution >= 0.6 is 11.6 Å². The first kappa shape index (κ1) is 15.7. The lowest BCUT2D eigenvalue weighted by molar-refractivity contribution is 0.0692. The molecule has 1 saturated carbocycles. The molecule has 2 aromatic carbocycles. The Morgan fingerprint density at radius 3 is 2.81 bits per heavy atom. The van der Waals surface area contributed by atoms with Crippen molar-refractivity contribution in [2.24, 2.45) is 0 Å². The quantitative estimate of drug-likeness (QED) is 0.624. The highest BCUT2D eigenvalue weighted by molar-refractivity contribution is 6.31. The van der Waals surface area contributed by atoms with E-state index in [9.17, 15) is 4.79 Å². The second-order valence-electron chi connectivity index (χ2n) is 7.91. The van der Waals surface area contributed by atoms with Gasteiger partial charge >= 0.3 is 0 Å². The standard InChI is InChI=1S/C22H20ClN3O/c1-2-25-19-11-18(26-17-10-13(23)8-9-16(17)24-21(19)26)20-14(12-6-7-12)4-3-5-15(20)22(25)27/h3-5,8-10,12,18-19H,2,6-7,11H2,1H3/t18-,19+/m1/s1.